The highest BCUT2D eigenvalue weighted by atomic mass is 32.1. The zero-order chi connectivity index (χ0) is 16.3. The Bertz CT molecular complexity index is 735. The van der Waals surface area contributed by atoms with Gasteiger partial charge in [-0.05, 0) is 26.7 Å². The molecule has 2 rings (SSSR count). The molecule has 0 aliphatic carbocycles. The normalized spacial score (nSPS) is 11.8. The zero-order valence-electron chi connectivity index (χ0n) is 12.9. The predicted molar refractivity (Wildman–Crippen MR) is 85.7 cm³/mol. The van der Waals surface area contributed by atoms with Crippen LogP contribution >= 0.6 is 11.3 Å². The molecule has 0 saturated carbocycles. The van der Waals surface area contributed by atoms with E-state index in [1.165, 1.54) is 21.9 Å². The first-order valence-electron chi connectivity index (χ1n) is 7.20. The van der Waals surface area contributed by atoms with Crippen molar-refractivity contribution in [3.05, 3.63) is 22.1 Å². The molecule has 0 bridgehead atoms. The fourth-order valence-electron chi connectivity index (χ4n) is 2.06. The Morgan fingerprint density at radius 3 is 2.86 bits per heavy atom. The summed E-state index contributed by atoms with van der Waals surface area (Å²) in [6, 6.07) is 1.51. The van der Waals surface area contributed by atoms with Gasteiger partial charge in [-0.25, -0.2) is 4.98 Å². The lowest BCUT2D eigenvalue weighted by Gasteiger charge is -2.24. The molecule has 120 valence electrons. The van der Waals surface area contributed by atoms with Crippen LogP contribution in [-0.2, 0) is 11.2 Å². The Hall–Kier alpha value is -1.96. The van der Waals surface area contributed by atoms with Gasteiger partial charge in [0, 0.05) is 23.7 Å². The van der Waals surface area contributed by atoms with Crippen LogP contribution in [0.3, 0.4) is 0 Å². The average molecular weight is 324 g/mol. The van der Waals surface area contributed by atoms with Crippen molar-refractivity contribution >= 4 is 27.4 Å². The molecule has 0 aliphatic rings. The van der Waals surface area contributed by atoms with Crippen molar-refractivity contribution in [2.75, 3.05) is 5.32 Å². The largest absolute Gasteiger partial charge is 0.481 e. The minimum atomic E-state index is -0.832. The number of carboxylic acid groups (broad SMARTS) is 1. The van der Waals surface area contributed by atoms with Crippen LogP contribution < -0.4 is 10.9 Å². The molecule has 0 atom stereocenters. The van der Waals surface area contributed by atoms with E-state index in [9.17, 15) is 9.59 Å². The number of fused-ring (bicyclic) bond motifs is 1. The van der Waals surface area contributed by atoms with Gasteiger partial charge < -0.3 is 10.4 Å². The van der Waals surface area contributed by atoms with E-state index < -0.39 is 11.5 Å². The van der Waals surface area contributed by atoms with Gasteiger partial charge >= 0.3 is 5.97 Å². The number of aromatic nitrogens is 3. The molecule has 0 aliphatic heterocycles. The van der Waals surface area contributed by atoms with Gasteiger partial charge in [-0.1, -0.05) is 24.7 Å². The number of nitrogens with zero attached hydrogens (tertiary/aromatic N) is 3. The maximum absolute atomic E-state index is 12.0. The number of rotatable bonds is 7. The molecule has 0 unspecified atom stereocenters. The van der Waals surface area contributed by atoms with Gasteiger partial charge in [-0.2, -0.15) is 4.52 Å². The summed E-state index contributed by atoms with van der Waals surface area (Å²) in [5.74, 6) is -0.832. The Morgan fingerprint density at radius 2 is 2.23 bits per heavy atom. The third kappa shape index (κ3) is 4.03. The minimum absolute atomic E-state index is 0.0732. The van der Waals surface area contributed by atoms with Crippen molar-refractivity contribution in [3.8, 4) is 0 Å². The van der Waals surface area contributed by atoms with E-state index in [-0.39, 0.29) is 12.0 Å². The molecule has 0 saturated heterocycles. The number of hydrogen-bond acceptors (Lipinski definition) is 6. The lowest BCUT2D eigenvalue weighted by Crippen LogP contribution is -2.31. The van der Waals surface area contributed by atoms with Crippen molar-refractivity contribution < 1.29 is 9.90 Å². The van der Waals surface area contributed by atoms with E-state index in [1.807, 2.05) is 20.8 Å². The van der Waals surface area contributed by atoms with Crippen LogP contribution in [0.5, 0.6) is 0 Å². The van der Waals surface area contributed by atoms with Crippen LogP contribution in [0.25, 0.3) is 4.96 Å². The maximum atomic E-state index is 12.0. The first kappa shape index (κ1) is 16.4. The highest BCUT2D eigenvalue weighted by Gasteiger charge is 2.21. The van der Waals surface area contributed by atoms with E-state index in [0.29, 0.717) is 16.5 Å². The van der Waals surface area contributed by atoms with Crippen molar-refractivity contribution in [1.29, 1.82) is 0 Å². The van der Waals surface area contributed by atoms with Crippen molar-refractivity contribution in [2.45, 2.75) is 52.0 Å². The Morgan fingerprint density at radius 1 is 1.50 bits per heavy atom. The van der Waals surface area contributed by atoms with Crippen molar-refractivity contribution in [3.63, 3.8) is 0 Å². The van der Waals surface area contributed by atoms with Gasteiger partial charge in [0.25, 0.3) is 5.56 Å². The molecule has 0 radical (unpaired) electrons. The molecule has 2 heterocycles. The van der Waals surface area contributed by atoms with E-state index in [1.54, 1.807) is 0 Å². The van der Waals surface area contributed by atoms with Gasteiger partial charge in [0.2, 0.25) is 10.1 Å². The molecule has 0 fully saturated rings. The number of aryl methyl sites for hydroxylation is 1. The lowest BCUT2D eigenvalue weighted by molar-refractivity contribution is -0.137. The Labute approximate surface area is 132 Å². The molecule has 8 heteroatoms. The molecule has 2 aromatic heterocycles. The number of aliphatic carboxylic acids is 1. The van der Waals surface area contributed by atoms with Gasteiger partial charge in [-0.3, -0.25) is 9.59 Å². The second-order valence-electron chi connectivity index (χ2n) is 5.84. The highest BCUT2D eigenvalue weighted by molar-refractivity contribution is 7.20. The summed E-state index contributed by atoms with van der Waals surface area (Å²) < 4.78 is 1.28. The zero-order valence-corrected chi connectivity index (χ0v) is 13.7. The summed E-state index contributed by atoms with van der Waals surface area (Å²) in [6.45, 7) is 5.84. The smallest absolute Gasteiger partial charge is 0.303 e. The van der Waals surface area contributed by atoms with Crippen LogP contribution in [0.1, 0.15) is 45.7 Å². The number of nitrogens with one attached hydrogen (secondary N) is 1. The fraction of sp³-hybridized carbons (Fsp3) is 0.571. The van der Waals surface area contributed by atoms with Crippen molar-refractivity contribution in [1.82, 2.24) is 14.6 Å². The summed E-state index contributed by atoms with van der Waals surface area (Å²) in [6.07, 6.45) is 2.22. The molecule has 0 amide bonds. The molecule has 22 heavy (non-hydrogen) atoms. The maximum Gasteiger partial charge on any atom is 0.303 e. The summed E-state index contributed by atoms with van der Waals surface area (Å²) in [5, 5.41) is 16.8. The van der Waals surface area contributed by atoms with Gasteiger partial charge in [0.05, 0.1) is 0 Å². The van der Waals surface area contributed by atoms with Gasteiger partial charge in [0.15, 0.2) is 0 Å². The highest BCUT2D eigenvalue weighted by Crippen LogP contribution is 2.23. The van der Waals surface area contributed by atoms with E-state index in [4.69, 9.17) is 5.11 Å². The van der Waals surface area contributed by atoms with Gasteiger partial charge in [-0.15, -0.1) is 5.10 Å². The number of hydrogen-bond donors (Lipinski definition) is 2. The quantitative estimate of drug-likeness (QED) is 0.810. The van der Waals surface area contributed by atoms with Crippen LogP contribution in [0, 0.1) is 0 Å². The summed E-state index contributed by atoms with van der Waals surface area (Å²) in [5.41, 5.74) is 0.149. The topological polar surface area (TPSA) is 96.6 Å². The third-order valence-corrected chi connectivity index (χ3v) is 4.04. The molecule has 0 aromatic carbocycles. The second kappa shape index (κ2) is 6.43. The lowest BCUT2D eigenvalue weighted by atomic mass is 9.99. The van der Waals surface area contributed by atoms with Crippen LogP contribution in [0.15, 0.2) is 10.9 Å². The summed E-state index contributed by atoms with van der Waals surface area (Å²) in [7, 11) is 0. The Kier molecular flexibility index (Phi) is 4.80. The third-order valence-electron chi connectivity index (χ3n) is 3.21. The standard InChI is InChI=1S/C14H20N4O3S/c1-4-5-9-8-10(19)18-13(15-9)22-12(17-18)16-14(2,3)7-6-11(20)21/h8H,4-7H2,1-3H3,(H,16,17)(H,20,21). The van der Waals surface area contributed by atoms with E-state index >= 15 is 0 Å². The average Bonchev–Trinajstić information content (AvgIpc) is 2.79. The van der Waals surface area contributed by atoms with Crippen LogP contribution in [0.2, 0.25) is 0 Å². The molecular formula is C14H20N4O3S. The SMILES string of the molecule is CCCc1cc(=O)n2nc(NC(C)(C)CCC(=O)O)sc2n1. The minimum Gasteiger partial charge on any atom is -0.481 e. The van der Waals surface area contributed by atoms with Crippen LogP contribution in [0.4, 0.5) is 5.13 Å². The molecule has 2 aromatic rings. The summed E-state index contributed by atoms with van der Waals surface area (Å²) >= 11 is 1.29. The first-order valence-corrected chi connectivity index (χ1v) is 8.02. The molecule has 7 nitrogen and oxygen atoms in total. The molecule has 2 N–H and O–H groups in total. The Balaban J connectivity index is 2.24. The number of anilines is 1. The van der Waals surface area contributed by atoms with E-state index in [2.05, 4.69) is 15.4 Å². The monoisotopic (exact) mass is 324 g/mol. The second-order valence-corrected chi connectivity index (χ2v) is 6.80. The van der Waals surface area contributed by atoms with Gasteiger partial charge in [0.1, 0.15) is 0 Å². The van der Waals surface area contributed by atoms with Crippen molar-refractivity contribution in [2.24, 2.45) is 0 Å². The first-order chi connectivity index (χ1) is 10.3. The fourth-order valence-corrected chi connectivity index (χ4v) is 3.07. The number of carboxylic acids is 1. The summed E-state index contributed by atoms with van der Waals surface area (Å²) in [4.78, 5) is 27.7. The predicted octanol–water partition coefficient (Wildman–Crippen LogP) is 2.16. The number of carbonyl (C=O) groups is 1. The molecule has 0 spiro atoms. The van der Waals surface area contributed by atoms with E-state index in [0.717, 1.165) is 18.5 Å². The molecular weight excluding hydrogens is 304 g/mol. The van der Waals surface area contributed by atoms with Crippen LogP contribution in [-0.4, -0.2) is 31.2 Å².